The van der Waals surface area contributed by atoms with Gasteiger partial charge >= 0.3 is 0 Å². The third-order valence-electron chi connectivity index (χ3n) is 4.09. The summed E-state index contributed by atoms with van der Waals surface area (Å²) in [7, 11) is 0. The topological polar surface area (TPSA) is 83.0 Å². The monoisotopic (exact) mass is 383 g/mol. The molecule has 1 aromatic carbocycles. The Kier molecular flexibility index (Phi) is 6.21. The van der Waals surface area contributed by atoms with E-state index in [2.05, 4.69) is 25.6 Å². The molecule has 0 saturated heterocycles. The number of benzene rings is 1. The second-order valence-electron chi connectivity index (χ2n) is 6.49. The van der Waals surface area contributed by atoms with E-state index in [9.17, 15) is 5.11 Å². The molecule has 1 atom stereocenters. The van der Waals surface area contributed by atoms with Crippen molar-refractivity contribution in [2.45, 2.75) is 19.9 Å². The molecule has 0 spiro atoms. The molecule has 3 N–H and O–H groups in total. The zero-order valence-corrected chi connectivity index (χ0v) is 16.0. The van der Waals surface area contributed by atoms with Gasteiger partial charge in [0.05, 0.1) is 24.0 Å². The van der Waals surface area contributed by atoms with Gasteiger partial charge < -0.3 is 15.7 Å². The van der Waals surface area contributed by atoms with Crippen molar-refractivity contribution in [1.29, 1.82) is 0 Å². The maximum absolute atomic E-state index is 9.62. The maximum atomic E-state index is 9.62. The van der Waals surface area contributed by atoms with Crippen LogP contribution in [0.15, 0.2) is 54.7 Å². The standard InChI is InChI=1S/C20H22ClN5O/c1-13(2)18(12-27)25-20-24-17(16-5-3-4-10-22-16)11-19(26-20)23-15-8-6-14(21)7-9-15/h3-11,13,18,27H,12H2,1-2H3,(H2,23,24,25,26)/t18-/m0/s1. The molecule has 2 heterocycles. The number of aliphatic hydroxyl groups is 1. The van der Waals surface area contributed by atoms with Crippen molar-refractivity contribution >= 4 is 29.1 Å². The molecule has 140 valence electrons. The Bertz CT molecular complexity index is 871. The lowest BCUT2D eigenvalue weighted by Crippen LogP contribution is -2.30. The van der Waals surface area contributed by atoms with Crippen molar-refractivity contribution in [2.24, 2.45) is 5.92 Å². The van der Waals surface area contributed by atoms with Crippen molar-refractivity contribution in [3.8, 4) is 11.4 Å². The minimum absolute atomic E-state index is 0.00517. The summed E-state index contributed by atoms with van der Waals surface area (Å²) in [6.07, 6.45) is 1.72. The molecule has 0 fully saturated rings. The number of halogens is 1. The van der Waals surface area contributed by atoms with Crippen LogP contribution in [0.25, 0.3) is 11.4 Å². The van der Waals surface area contributed by atoms with E-state index in [-0.39, 0.29) is 18.6 Å². The summed E-state index contributed by atoms with van der Waals surface area (Å²) in [4.78, 5) is 13.5. The fourth-order valence-electron chi connectivity index (χ4n) is 2.49. The van der Waals surface area contributed by atoms with Crippen LogP contribution in [-0.4, -0.2) is 32.7 Å². The van der Waals surface area contributed by atoms with Crippen molar-refractivity contribution in [1.82, 2.24) is 15.0 Å². The van der Waals surface area contributed by atoms with Crippen LogP contribution in [0.1, 0.15) is 13.8 Å². The van der Waals surface area contributed by atoms with E-state index in [0.717, 1.165) is 11.4 Å². The Labute approximate surface area is 163 Å². The maximum Gasteiger partial charge on any atom is 0.225 e. The van der Waals surface area contributed by atoms with E-state index >= 15 is 0 Å². The fraction of sp³-hybridized carbons (Fsp3) is 0.250. The molecular weight excluding hydrogens is 362 g/mol. The minimum atomic E-state index is -0.146. The first-order valence-electron chi connectivity index (χ1n) is 8.75. The second-order valence-corrected chi connectivity index (χ2v) is 6.92. The summed E-state index contributed by atoms with van der Waals surface area (Å²) in [6.45, 7) is 4.06. The van der Waals surface area contributed by atoms with E-state index in [1.165, 1.54) is 0 Å². The molecule has 3 rings (SSSR count). The van der Waals surface area contributed by atoms with Gasteiger partial charge in [-0.1, -0.05) is 31.5 Å². The third kappa shape index (κ3) is 5.15. The number of hydrogen-bond donors (Lipinski definition) is 3. The lowest BCUT2D eigenvalue weighted by atomic mass is 10.1. The predicted octanol–water partition coefficient (Wildman–Crippen LogP) is 4.36. The molecule has 0 amide bonds. The Hall–Kier alpha value is -2.70. The Balaban J connectivity index is 1.96. The molecule has 2 aromatic heterocycles. The molecule has 0 aliphatic carbocycles. The van der Waals surface area contributed by atoms with Crippen molar-refractivity contribution in [2.75, 3.05) is 17.2 Å². The van der Waals surface area contributed by atoms with Crippen LogP contribution in [0.5, 0.6) is 0 Å². The van der Waals surface area contributed by atoms with Crippen LogP contribution in [0, 0.1) is 5.92 Å². The average molecular weight is 384 g/mol. The first-order valence-corrected chi connectivity index (χ1v) is 9.13. The lowest BCUT2D eigenvalue weighted by Gasteiger charge is -2.20. The van der Waals surface area contributed by atoms with E-state index in [1.54, 1.807) is 6.20 Å². The van der Waals surface area contributed by atoms with E-state index in [0.29, 0.717) is 22.5 Å². The molecular formula is C20H22ClN5O. The number of aliphatic hydroxyl groups excluding tert-OH is 1. The zero-order chi connectivity index (χ0) is 19.2. The van der Waals surface area contributed by atoms with E-state index in [4.69, 9.17) is 11.6 Å². The summed E-state index contributed by atoms with van der Waals surface area (Å²) in [5.41, 5.74) is 2.29. The van der Waals surface area contributed by atoms with Gasteiger partial charge in [-0.05, 0) is 42.3 Å². The Morgan fingerprint density at radius 1 is 1.04 bits per heavy atom. The fourth-order valence-corrected chi connectivity index (χ4v) is 2.62. The molecule has 0 aliphatic rings. The van der Waals surface area contributed by atoms with E-state index < -0.39 is 0 Å². The summed E-state index contributed by atoms with van der Waals surface area (Å²) >= 11 is 5.95. The Morgan fingerprint density at radius 2 is 1.81 bits per heavy atom. The molecule has 0 bridgehead atoms. The van der Waals surface area contributed by atoms with Gasteiger partial charge in [-0.3, -0.25) is 4.98 Å². The smallest absolute Gasteiger partial charge is 0.225 e. The molecule has 0 radical (unpaired) electrons. The highest BCUT2D eigenvalue weighted by Gasteiger charge is 2.15. The second kappa shape index (κ2) is 8.79. The highest BCUT2D eigenvalue weighted by atomic mass is 35.5. The lowest BCUT2D eigenvalue weighted by molar-refractivity contribution is 0.248. The summed E-state index contributed by atoms with van der Waals surface area (Å²) in [5, 5.41) is 16.8. The summed E-state index contributed by atoms with van der Waals surface area (Å²) in [6, 6.07) is 14.7. The molecule has 7 heteroatoms. The van der Waals surface area contributed by atoms with Gasteiger partial charge in [0.1, 0.15) is 5.82 Å². The van der Waals surface area contributed by atoms with Crippen LogP contribution in [0.4, 0.5) is 17.5 Å². The van der Waals surface area contributed by atoms with Gasteiger partial charge in [-0.15, -0.1) is 0 Å². The molecule has 0 saturated carbocycles. The number of nitrogens with one attached hydrogen (secondary N) is 2. The van der Waals surface area contributed by atoms with Gasteiger partial charge in [-0.25, -0.2) is 4.98 Å². The Morgan fingerprint density at radius 3 is 2.44 bits per heavy atom. The quantitative estimate of drug-likeness (QED) is 0.562. The number of pyridine rings is 1. The SMILES string of the molecule is CC(C)[C@H](CO)Nc1nc(Nc2ccc(Cl)cc2)cc(-c2ccccn2)n1. The number of hydrogen-bond acceptors (Lipinski definition) is 6. The van der Waals surface area contributed by atoms with Crippen LogP contribution >= 0.6 is 11.6 Å². The van der Waals surface area contributed by atoms with Gasteiger partial charge in [0.2, 0.25) is 5.95 Å². The van der Waals surface area contributed by atoms with Crippen LogP contribution in [-0.2, 0) is 0 Å². The number of rotatable bonds is 7. The number of nitrogens with zero attached hydrogens (tertiary/aromatic N) is 3. The van der Waals surface area contributed by atoms with Gasteiger partial charge in [0.15, 0.2) is 0 Å². The van der Waals surface area contributed by atoms with Crippen LogP contribution in [0.2, 0.25) is 5.02 Å². The molecule has 0 unspecified atom stereocenters. The van der Waals surface area contributed by atoms with Gasteiger partial charge in [-0.2, -0.15) is 4.98 Å². The molecule has 0 aliphatic heterocycles. The first kappa shape index (κ1) is 19.1. The zero-order valence-electron chi connectivity index (χ0n) is 15.2. The summed E-state index contributed by atoms with van der Waals surface area (Å²) in [5.74, 6) is 1.28. The molecule has 3 aromatic rings. The predicted molar refractivity (Wildman–Crippen MR) is 109 cm³/mol. The normalized spacial score (nSPS) is 12.0. The minimum Gasteiger partial charge on any atom is -0.394 e. The van der Waals surface area contributed by atoms with Crippen LogP contribution < -0.4 is 10.6 Å². The van der Waals surface area contributed by atoms with Crippen molar-refractivity contribution < 1.29 is 5.11 Å². The number of anilines is 3. The number of aromatic nitrogens is 3. The first-order chi connectivity index (χ1) is 13.0. The van der Waals surface area contributed by atoms with Crippen LogP contribution in [0.3, 0.4) is 0 Å². The van der Waals surface area contributed by atoms with Gasteiger partial charge in [0.25, 0.3) is 0 Å². The third-order valence-corrected chi connectivity index (χ3v) is 4.34. The highest BCUT2D eigenvalue weighted by molar-refractivity contribution is 6.30. The molecule has 6 nitrogen and oxygen atoms in total. The van der Waals surface area contributed by atoms with Crippen molar-refractivity contribution in [3.63, 3.8) is 0 Å². The molecule has 27 heavy (non-hydrogen) atoms. The van der Waals surface area contributed by atoms with Crippen molar-refractivity contribution in [3.05, 3.63) is 59.8 Å². The average Bonchev–Trinajstić information content (AvgIpc) is 2.68. The largest absolute Gasteiger partial charge is 0.394 e. The van der Waals surface area contributed by atoms with Gasteiger partial charge in [0, 0.05) is 23.0 Å². The summed E-state index contributed by atoms with van der Waals surface area (Å²) < 4.78 is 0. The van der Waals surface area contributed by atoms with E-state index in [1.807, 2.05) is 62.4 Å². The highest BCUT2D eigenvalue weighted by Crippen LogP contribution is 2.24.